The van der Waals surface area contributed by atoms with E-state index < -0.39 is 0 Å². The van der Waals surface area contributed by atoms with Crippen LogP contribution in [0.2, 0.25) is 0 Å². The summed E-state index contributed by atoms with van der Waals surface area (Å²) in [5.41, 5.74) is 14.2. The highest BCUT2D eigenvalue weighted by atomic mass is 32.1. The molecule has 11 rings (SSSR count). The molecule has 0 amide bonds. The van der Waals surface area contributed by atoms with Gasteiger partial charge >= 0.3 is 0 Å². The van der Waals surface area contributed by atoms with Crippen molar-refractivity contribution in [2.75, 3.05) is 4.90 Å². The summed E-state index contributed by atoms with van der Waals surface area (Å²) in [4.78, 5) is 2.35. The van der Waals surface area contributed by atoms with Crippen molar-refractivity contribution in [3.63, 3.8) is 0 Å². The molecule has 57 heavy (non-hydrogen) atoms. The van der Waals surface area contributed by atoms with Crippen molar-refractivity contribution in [3.05, 3.63) is 218 Å². The molecular weight excluding hydrogens is 709 g/mol. The van der Waals surface area contributed by atoms with Crippen molar-refractivity contribution in [1.82, 2.24) is 4.57 Å². The Morgan fingerprint density at radius 3 is 1.39 bits per heavy atom. The first-order chi connectivity index (χ1) is 28.3. The molecule has 0 fully saturated rings. The maximum atomic E-state index is 2.46. The molecule has 0 saturated heterocycles. The topological polar surface area (TPSA) is 8.17 Å². The van der Waals surface area contributed by atoms with E-state index in [9.17, 15) is 0 Å². The summed E-state index contributed by atoms with van der Waals surface area (Å²) >= 11 is 1.88. The average molecular weight is 745 g/mol. The third-order valence-electron chi connectivity index (χ3n) is 11.2. The fourth-order valence-corrected chi connectivity index (χ4v) is 9.64. The third kappa shape index (κ3) is 5.80. The van der Waals surface area contributed by atoms with Crippen LogP contribution < -0.4 is 4.90 Å². The van der Waals surface area contributed by atoms with E-state index in [1.165, 1.54) is 81.0 Å². The van der Waals surface area contributed by atoms with Crippen LogP contribution in [0.15, 0.2) is 218 Å². The van der Waals surface area contributed by atoms with E-state index in [1.54, 1.807) is 0 Å². The van der Waals surface area contributed by atoms with E-state index in [-0.39, 0.29) is 0 Å². The van der Waals surface area contributed by atoms with E-state index in [0.717, 1.165) is 17.1 Å². The molecule has 0 bridgehead atoms. The summed E-state index contributed by atoms with van der Waals surface area (Å²) in [6.45, 7) is 0. The first-order valence-electron chi connectivity index (χ1n) is 19.4. The van der Waals surface area contributed by atoms with Crippen LogP contribution in [-0.4, -0.2) is 4.57 Å². The Labute approximate surface area is 335 Å². The molecule has 2 aromatic heterocycles. The Balaban J connectivity index is 0.989. The van der Waals surface area contributed by atoms with Gasteiger partial charge in [0.25, 0.3) is 0 Å². The molecule has 0 spiro atoms. The average Bonchev–Trinajstić information content (AvgIpc) is 3.84. The molecule has 0 atom stereocenters. The summed E-state index contributed by atoms with van der Waals surface area (Å²) in [6.07, 6.45) is 0. The second-order valence-corrected chi connectivity index (χ2v) is 15.6. The molecule has 268 valence electrons. The molecule has 0 N–H and O–H groups in total. The molecule has 0 radical (unpaired) electrons. The Kier molecular flexibility index (Phi) is 8.04. The van der Waals surface area contributed by atoms with Crippen LogP contribution in [0.4, 0.5) is 17.1 Å². The monoisotopic (exact) mass is 744 g/mol. The number of fused-ring (bicyclic) bond motifs is 6. The molecule has 0 aliphatic carbocycles. The van der Waals surface area contributed by atoms with Crippen molar-refractivity contribution in [3.8, 4) is 39.1 Å². The molecule has 2 heterocycles. The summed E-state index contributed by atoms with van der Waals surface area (Å²) in [5, 5.41) is 5.14. The van der Waals surface area contributed by atoms with Gasteiger partial charge in [0.05, 0.1) is 21.4 Å². The maximum absolute atomic E-state index is 2.46. The Hall–Kier alpha value is -7.20. The highest BCUT2D eigenvalue weighted by Gasteiger charge is 2.18. The van der Waals surface area contributed by atoms with Crippen LogP contribution in [0.1, 0.15) is 0 Å². The number of benzene rings is 9. The van der Waals surface area contributed by atoms with Crippen LogP contribution >= 0.6 is 11.3 Å². The van der Waals surface area contributed by atoms with Crippen LogP contribution in [0.3, 0.4) is 0 Å². The van der Waals surface area contributed by atoms with E-state index in [4.69, 9.17) is 0 Å². The van der Waals surface area contributed by atoms with Crippen LogP contribution in [-0.2, 0) is 0 Å². The van der Waals surface area contributed by atoms with Crippen LogP contribution in [0, 0.1) is 0 Å². The quantitative estimate of drug-likeness (QED) is 0.158. The summed E-state index contributed by atoms with van der Waals surface area (Å²) in [6, 6.07) is 79.2. The molecule has 0 saturated carbocycles. The number of rotatable bonds is 7. The summed E-state index contributed by atoms with van der Waals surface area (Å²) in [5.74, 6) is 0. The van der Waals surface area contributed by atoms with Gasteiger partial charge in [0.1, 0.15) is 0 Å². The first kappa shape index (κ1) is 33.2. The smallest absolute Gasteiger partial charge is 0.0640 e. The molecule has 0 aliphatic rings. The highest BCUT2D eigenvalue weighted by Crippen LogP contribution is 2.42. The van der Waals surface area contributed by atoms with Gasteiger partial charge in [-0.05, 0) is 100 Å². The fraction of sp³-hybridized carbons (Fsp3) is 0. The lowest BCUT2D eigenvalue weighted by atomic mass is 10.0. The van der Waals surface area contributed by atoms with E-state index in [0.29, 0.717) is 0 Å². The number of para-hydroxylation sites is 1. The van der Waals surface area contributed by atoms with E-state index in [1.807, 2.05) is 11.3 Å². The number of hydrogen-bond acceptors (Lipinski definition) is 2. The van der Waals surface area contributed by atoms with Gasteiger partial charge in [-0.15, -0.1) is 11.3 Å². The minimum atomic E-state index is 1.10. The maximum Gasteiger partial charge on any atom is 0.0640 e. The number of anilines is 3. The molecule has 0 unspecified atom stereocenters. The number of nitrogens with zero attached hydrogens (tertiary/aromatic N) is 2. The second-order valence-electron chi connectivity index (χ2n) is 14.5. The van der Waals surface area contributed by atoms with Crippen LogP contribution in [0.25, 0.3) is 81.0 Å². The predicted molar refractivity (Wildman–Crippen MR) is 245 cm³/mol. The van der Waals surface area contributed by atoms with Gasteiger partial charge in [0.2, 0.25) is 0 Å². The second kappa shape index (κ2) is 13.8. The number of aromatic nitrogens is 1. The van der Waals surface area contributed by atoms with Gasteiger partial charge in [-0.2, -0.15) is 0 Å². The number of hydrogen-bond donors (Lipinski definition) is 0. The van der Waals surface area contributed by atoms with Crippen molar-refractivity contribution >= 4 is 70.4 Å². The van der Waals surface area contributed by atoms with Crippen molar-refractivity contribution in [2.45, 2.75) is 0 Å². The van der Waals surface area contributed by atoms with E-state index in [2.05, 4.69) is 228 Å². The number of thiophene rings is 1. The summed E-state index contributed by atoms with van der Waals surface area (Å²) < 4.78 is 5.09. The van der Waals surface area contributed by atoms with Crippen LogP contribution in [0.5, 0.6) is 0 Å². The molecule has 9 aromatic carbocycles. The lowest BCUT2D eigenvalue weighted by Crippen LogP contribution is -2.09. The molecule has 0 aliphatic heterocycles. The van der Waals surface area contributed by atoms with Gasteiger partial charge in [-0.1, -0.05) is 152 Å². The minimum Gasteiger partial charge on any atom is -0.311 e. The summed E-state index contributed by atoms with van der Waals surface area (Å²) in [7, 11) is 0. The Morgan fingerprint density at radius 1 is 0.316 bits per heavy atom. The van der Waals surface area contributed by atoms with Crippen molar-refractivity contribution < 1.29 is 0 Å². The molecule has 11 aromatic rings. The van der Waals surface area contributed by atoms with E-state index >= 15 is 0 Å². The predicted octanol–water partition coefficient (Wildman–Crippen LogP) is 15.6. The third-order valence-corrected chi connectivity index (χ3v) is 12.4. The minimum absolute atomic E-state index is 1.10. The zero-order chi connectivity index (χ0) is 37.7. The SMILES string of the molecule is c1ccc(-c2ccc(N(c3ccc(-c4ccccc4)cc3)c3ccc(-c4ccc5c(c4)c4ccccc4n5-c4cccc5c4sc4ccccc45)cc3)cc2)cc1. The van der Waals surface area contributed by atoms with Gasteiger partial charge in [-0.3, -0.25) is 0 Å². The normalized spacial score (nSPS) is 11.5. The molecule has 2 nitrogen and oxygen atoms in total. The van der Waals surface area contributed by atoms with Gasteiger partial charge in [-0.25, -0.2) is 0 Å². The fourth-order valence-electron chi connectivity index (χ4n) is 8.44. The highest BCUT2D eigenvalue weighted by molar-refractivity contribution is 7.26. The van der Waals surface area contributed by atoms with Gasteiger partial charge in [0.15, 0.2) is 0 Å². The lowest BCUT2D eigenvalue weighted by Gasteiger charge is -2.26. The Bertz CT molecular complexity index is 3110. The largest absolute Gasteiger partial charge is 0.311 e. The van der Waals surface area contributed by atoms with Gasteiger partial charge in [0, 0.05) is 43.3 Å². The zero-order valence-electron chi connectivity index (χ0n) is 31.1. The lowest BCUT2D eigenvalue weighted by molar-refractivity contribution is 1.20. The van der Waals surface area contributed by atoms with Crippen molar-refractivity contribution in [2.24, 2.45) is 0 Å². The van der Waals surface area contributed by atoms with Gasteiger partial charge < -0.3 is 9.47 Å². The molecular formula is C54H36N2S. The Morgan fingerprint density at radius 2 is 0.772 bits per heavy atom. The zero-order valence-corrected chi connectivity index (χ0v) is 31.9. The standard InChI is InChI=1S/C54H36N2S/c1-3-12-37(13-4-1)39-22-29-43(30-23-39)55(44-31-24-40(25-32-44)38-14-5-2-6-15-38)45-33-26-41(27-34-45)42-28-35-51-49(36-42)46-16-7-9-19-50(46)56(51)52-20-11-18-48-47-17-8-10-21-53(47)57-54(48)52/h1-36H. The first-order valence-corrected chi connectivity index (χ1v) is 20.2. The molecule has 3 heteroatoms. The van der Waals surface area contributed by atoms with Crippen molar-refractivity contribution in [1.29, 1.82) is 0 Å².